The van der Waals surface area contributed by atoms with Gasteiger partial charge < -0.3 is 24.1 Å². The van der Waals surface area contributed by atoms with Crippen molar-refractivity contribution in [3.63, 3.8) is 0 Å². The lowest BCUT2D eigenvalue weighted by Crippen LogP contribution is -2.60. The Morgan fingerprint density at radius 1 is 1.26 bits per heavy atom. The van der Waals surface area contributed by atoms with Crippen LogP contribution in [0.2, 0.25) is 0 Å². The SMILES string of the molecule is [C-]#[N+][C@@]1(C)CC23C(=O)N(C)C(C)(C(=O)N2C1c1ccc2c(c1)OCO2)S3=S. The van der Waals surface area contributed by atoms with Crippen molar-refractivity contribution in [2.24, 2.45) is 0 Å². The number of amides is 2. The molecule has 4 aliphatic heterocycles. The van der Waals surface area contributed by atoms with Crippen LogP contribution < -0.4 is 9.47 Å². The number of rotatable bonds is 1. The summed E-state index contributed by atoms with van der Waals surface area (Å²) in [6.45, 7) is 11.6. The van der Waals surface area contributed by atoms with E-state index in [-0.39, 0.29) is 25.0 Å². The smallest absolute Gasteiger partial charge is 0.261 e. The molecule has 5 rings (SSSR count). The Balaban J connectivity index is 1.73. The van der Waals surface area contributed by atoms with Crippen LogP contribution in [0.25, 0.3) is 4.85 Å². The number of fused-ring (bicyclic) bond motifs is 2. The normalized spacial score (nSPS) is 41.3. The van der Waals surface area contributed by atoms with Crippen molar-refractivity contribution in [1.29, 1.82) is 0 Å². The molecule has 27 heavy (non-hydrogen) atoms. The highest BCUT2D eigenvalue weighted by Gasteiger charge is 2.82. The molecule has 3 saturated heterocycles. The van der Waals surface area contributed by atoms with Crippen molar-refractivity contribution in [1.82, 2.24) is 9.80 Å². The standard InChI is InChI=1S/C18H17N3O4S2/c1-16(19-3)8-18-15(23)20(4)17(2,27(18)26)14(22)21(18)13(16)10-5-6-11-12(7-10)25-9-24-11/h5-7,13H,8-9H2,1-2,4H3/t13?,16-,17?,18?,27?/m0/s1. The minimum Gasteiger partial charge on any atom is -0.454 e. The molecule has 0 N–H and O–H groups in total. The van der Waals surface area contributed by atoms with Crippen LogP contribution >= 0.6 is 0 Å². The zero-order valence-electron chi connectivity index (χ0n) is 15.0. The quantitative estimate of drug-likeness (QED) is 0.663. The van der Waals surface area contributed by atoms with Crippen molar-refractivity contribution < 1.29 is 19.1 Å². The van der Waals surface area contributed by atoms with E-state index in [1.54, 1.807) is 24.9 Å². The second-order valence-electron chi connectivity index (χ2n) is 7.74. The van der Waals surface area contributed by atoms with Gasteiger partial charge in [0.05, 0.1) is 6.42 Å². The second kappa shape index (κ2) is 4.80. The number of carbonyl (C=O) groups excluding carboxylic acids is 2. The van der Waals surface area contributed by atoms with E-state index in [1.165, 1.54) is 4.90 Å². The summed E-state index contributed by atoms with van der Waals surface area (Å²) < 4.78 is 10.9. The van der Waals surface area contributed by atoms with E-state index >= 15 is 0 Å². The molecule has 4 unspecified atom stereocenters. The molecule has 2 bridgehead atoms. The predicted molar refractivity (Wildman–Crippen MR) is 100 cm³/mol. The fourth-order valence-electron chi connectivity index (χ4n) is 4.89. The molecule has 140 valence electrons. The maximum atomic E-state index is 13.5. The van der Waals surface area contributed by atoms with Gasteiger partial charge >= 0.3 is 0 Å². The van der Waals surface area contributed by atoms with Crippen molar-refractivity contribution in [3.8, 4) is 11.5 Å². The van der Waals surface area contributed by atoms with Gasteiger partial charge in [-0.25, -0.2) is 6.57 Å². The number of piperazine rings is 1. The molecule has 9 heteroatoms. The first-order valence-electron chi connectivity index (χ1n) is 8.54. The second-order valence-corrected chi connectivity index (χ2v) is 10.7. The van der Waals surface area contributed by atoms with E-state index in [1.807, 2.05) is 19.1 Å². The predicted octanol–water partition coefficient (Wildman–Crippen LogP) is 1.34. The first-order chi connectivity index (χ1) is 12.7. The van der Waals surface area contributed by atoms with E-state index in [0.29, 0.717) is 11.5 Å². The number of hydrogen-bond donors (Lipinski definition) is 0. The third kappa shape index (κ3) is 1.61. The van der Waals surface area contributed by atoms with Crippen molar-refractivity contribution >= 4 is 32.5 Å². The van der Waals surface area contributed by atoms with Crippen LogP contribution in [-0.4, -0.2) is 50.7 Å². The van der Waals surface area contributed by atoms with Crippen LogP contribution in [0.5, 0.6) is 11.5 Å². The molecular formula is C18H17N3O4S2. The van der Waals surface area contributed by atoms with Gasteiger partial charge in [-0.2, -0.15) is 0 Å². The van der Waals surface area contributed by atoms with Crippen LogP contribution in [-0.2, 0) is 30.2 Å². The van der Waals surface area contributed by atoms with Crippen molar-refractivity contribution in [3.05, 3.63) is 35.2 Å². The maximum absolute atomic E-state index is 13.5. The van der Waals surface area contributed by atoms with E-state index in [2.05, 4.69) is 4.85 Å². The summed E-state index contributed by atoms with van der Waals surface area (Å²) in [5, 5.41) is 0. The summed E-state index contributed by atoms with van der Waals surface area (Å²) in [6, 6.07) is 4.88. The molecule has 0 aliphatic carbocycles. The number of carbonyl (C=O) groups is 2. The highest BCUT2D eigenvalue weighted by Crippen LogP contribution is 2.63. The first-order valence-corrected chi connectivity index (χ1v) is 10.7. The summed E-state index contributed by atoms with van der Waals surface area (Å²) in [5.41, 5.74) is -0.183. The van der Waals surface area contributed by atoms with E-state index in [4.69, 9.17) is 27.2 Å². The minimum atomic E-state index is -1.11. The lowest BCUT2D eigenvalue weighted by Gasteiger charge is -2.38. The summed E-state index contributed by atoms with van der Waals surface area (Å²) in [6.07, 6.45) is 0.250. The Kier molecular flexibility index (Phi) is 3.02. The number of benzene rings is 1. The Morgan fingerprint density at radius 3 is 2.67 bits per heavy atom. The number of likely N-dealkylation sites (N-methyl/N-ethyl adjacent to an activating group) is 1. The third-order valence-corrected chi connectivity index (χ3v) is 10.5. The molecule has 1 spiro atoms. The fourth-order valence-corrected chi connectivity index (χ4v) is 8.41. The first kappa shape index (κ1) is 17.0. The summed E-state index contributed by atoms with van der Waals surface area (Å²) >= 11 is 5.77. The summed E-state index contributed by atoms with van der Waals surface area (Å²) in [4.78, 5) is 31.6. The van der Waals surface area contributed by atoms with Crippen LogP contribution in [0.3, 0.4) is 0 Å². The molecule has 2 amide bonds. The van der Waals surface area contributed by atoms with E-state index in [0.717, 1.165) is 5.56 Å². The monoisotopic (exact) mass is 403 g/mol. The summed E-state index contributed by atoms with van der Waals surface area (Å²) in [7, 11) is 0.702. The molecular weight excluding hydrogens is 386 g/mol. The molecule has 5 atom stereocenters. The highest BCUT2D eigenvalue weighted by molar-refractivity contribution is 8.31. The lowest BCUT2D eigenvalue weighted by atomic mass is 9.87. The molecule has 7 nitrogen and oxygen atoms in total. The van der Waals surface area contributed by atoms with E-state index in [9.17, 15) is 9.59 Å². The van der Waals surface area contributed by atoms with Crippen LogP contribution in [0, 0.1) is 6.57 Å². The maximum Gasteiger partial charge on any atom is 0.261 e. The Bertz CT molecular complexity index is 1010. The zero-order valence-corrected chi connectivity index (χ0v) is 16.6. The molecule has 1 aromatic rings. The van der Waals surface area contributed by atoms with Gasteiger partial charge in [0, 0.05) is 14.0 Å². The van der Waals surface area contributed by atoms with Crippen molar-refractivity contribution in [2.45, 2.75) is 41.6 Å². The molecule has 0 saturated carbocycles. The largest absolute Gasteiger partial charge is 0.454 e. The van der Waals surface area contributed by atoms with Gasteiger partial charge in [-0.05, 0) is 45.3 Å². The van der Waals surface area contributed by atoms with E-state index < -0.39 is 30.8 Å². The van der Waals surface area contributed by atoms with Crippen LogP contribution in [0.4, 0.5) is 0 Å². The Hall–Kier alpha value is -2.18. The average molecular weight is 403 g/mol. The fraction of sp³-hybridized carbons (Fsp3) is 0.500. The molecule has 4 heterocycles. The highest BCUT2D eigenvalue weighted by atomic mass is 32.8. The zero-order chi connectivity index (χ0) is 19.4. The number of ether oxygens (including phenoxy) is 2. The molecule has 0 radical (unpaired) electrons. The van der Waals surface area contributed by atoms with Crippen LogP contribution in [0.15, 0.2) is 18.2 Å². The van der Waals surface area contributed by atoms with Gasteiger partial charge in [-0.3, -0.25) is 9.59 Å². The van der Waals surface area contributed by atoms with Gasteiger partial charge in [0.2, 0.25) is 6.79 Å². The van der Waals surface area contributed by atoms with Gasteiger partial charge in [0.25, 0.3) is 17.4 Å². The minimum absolute atomic E-state index is 0.146. The lowest BCUT2D eigenvalue weighted by molar-refractivity contribution is -0.159. The average Bonchev–Trinajstić information content (AvgIpc) is 3.31. The topological polar surface area (TPSA) is 63.4 Å². The number of hydrogen-bond acceptors (Lipinski definition) is 5. The van der Waals surface area contributed by atoms with Gasteiger partial charge in [-0.15, -0.1) is 0 Å². The Morgan fingerprint density at radius 2 is 1.96 bits per heavy atom. The number of nitrogens with zero attached hydrogens (tertiary/aromatic N) is 3. The molecule has 3 fully saturated rings. The van der Waals surface area contributed by atoms with Crippen molar-refractivity contribution in [2.75, 3.05) is 13.8 Å². The molecule has 1 aromatic carbocycles. The molecule has 4 aliphatic rings. The van der Waals surface area contributed by atoms with Crippen LogP contribution in [0.1, 0.15) is 31.9 Å². The summed E-state index contributed by atoms with van der Waals surface area (Å²) in [5.74, 6) is 0.902. The van der Waals surface area contributed by atoms with Gasteiger partial charge in [-0.1, -0.05) is 6.07 Å². The molecule has 0 aromatic heterocycles. The third-order valence-electron chi connectivity index (χ3n) is 6.36. The Labute approximate surface area is 163 Å². The van der Waals surface area contributed by atoms with Gasteiger partial charge in [0.1, 0.15) is 6.04 Å². The van der Waals surface area contributed by atoms with Gasteiger partial charge in [0.15, 0.2) is 21.2 Å².